The molecule has 0 unspecified atom stereocenters. The van der Waals surface area contributed by atoms with E-state index >= 15 is 0 Å². The Morgan fingerprint density at radius 2 is 1.21 bits per heavy atom. The summed E-state index contributed by atoms with van der Waals surface area (Å²) in [4.78, 5) is 24.5. The minimum absolute atomic E-state index is 0.0734. The largest absolute Gasteiger partial charge is 0.504 e. The third kappa shape index (κ3) is 1.67. The van der Waals surface area contributed by atoms with Gasteiger partial charge in [-0.2, -0.15) is 0 Å². The lowest BCUT2D eigenvalue weighted by molar-refractivity contribution is 0.0947. The number of Topliss-reactive ketones (excluding diaryl/α,β-unsaturated/α-hetero) is 2. The molecule has 0 aliphatic heterocycles. The lowest BCUT2D eigenvalue weighted by Gasteiger charge is -2.17. The highest BCUT2D eigenvalue weighted by molar-refractivity contribution is 6.39. The Labute approximate surface area is 109 Å². The Morgan fingerprint density at radius 1 is 0.684 bits per heavy atom. The number of ketones is 2. The standard InChI is InChI=1S/C16H10O3/c17-14-11-8-4-5-9-12(11)15(18)16(19)13(14)10-6-2-1-3-7-10/h1-9,19H. The number of aliphatic hydroxyl groups is 1. The van der Waals surface area contributed by atoms with Crippen molar-refractivity contribution in [2.24, 2.45) is 0 Å². The van der Waals surface area contributed by atoms with E-state index in [1.54, 1.807) is 48.5 Å². The van der Waals surface area contributed by atoms with Gasteiger partial charge in [-0.1, -0.05) is 54.6 Å². The third-order valence-electron chi connectivity index (χ3n) is 3.16. The molecule has 0 saturated heterocycles. The smallest absolute Gasteiger partial charge is 0.228 e. The molecule has 1 N–H and O–H groups in total. The predicted molar refractivity (Wildman–Crippen MR) is 71.1 cm³/mol. The highest BCUT2D eigenvalue weighted by atomic mass is 16.3. The Morgan fingerprint density at radius 3 is 1.84 bits per heavy atom. The first-order chi connectivity index (χ1) is 9.20. The summed E-state index contributed by atoms with van der Waals surface area (Å²) in [6.45, 7) is 0. The van der Waals surface area contributed by atoms with Gasteiger partial charge in [-0.05, 0) is 5.56 Å². The van der Waals surface area contributed by atoms with Crippen LogP contribution in [0.2, 0.25) is 0 Å². The zero-order chi connectivity index (χ0) is 13.4. The second-order valence-electron chi connectivity index (χ2n) is 4.29. The van der Waals surface area contributed by atoms with E-state index in [0.29, 0.717) is 11.1 Å². The molecule has 0 bridgehead atoms. The van der Waals surface area contributed by atoms with Gasteiger partial charge in [0.25, 0.3) is 0 Å². The van der Waals surface area contributed by atoms with E-state index in [4.69, 9.17) is 0 Å². The van der Waals surface area contributed by atoms with Gasteiger partial charge < -0.3 is 5.11 Å². The lowest BCUT2D eigenvalue weighted by atomic mass is 9.85. The van der Waals surface area contributed by atoms with Gasteiger partial charge in [0, 0.05) is 11.1 Å². The van der Waals surface area contributed by atoms with Crippen molar-refractivity contribution in [3.63, 3.8) is 0 Å². The topological polar surface area (TPSA) is 54.4 Å². The Balaban J connectivity index is 2.25. The molecule has 1 aliphatic carbocycles. The van der Waals surface area contributed by atoms with Crippen LogP contribution in [-0.2, 0) is 0 Å². The van der Waals surface area contributed by atoms with Crippen LogP contribution in [0.1, 0.15) is 26.3 Å². The highest BCUT2D eigenvalue weighted by Crippen LogP contribution is 2.30. The van der Waals surface area contributed by atoms with Crippen LogP contribution < -0.4 is 0 Å². The summed E-state index contributed by atoms with van der Waals surface area (Å²) in [7, 11) is 0. The van der Waals surface area contributed by atoms with E-state index in [2.05, 4.69) is 0 Å². The van der Waals surface area contributed by atoms with E-state index < -0.39 is 11.5 Å². The number of carbonyl (C=O) groups is 2. The fourth-order valence-electron chi connectivity index (χ4n) is 2.24. The summed E-state index contributed by atoms with van der Waals surface area (Å²) < 4.78 is 0. The molecular formula is C16H10O3. The summed E-state index contributed by atoms with van der Waals surface area (Å²) in [6, 6.07) is 15.2. The van der Waals surface area contributed by atoms with Crippen molar-refractivity contribution in [1.29, 1.82) is 0 Å². The fraction of sp³-hybridized carbons (Fsp3) is 0. The van der Waals surface area contributed by atoms with Gasteiger partial charge in [0.15, 0.2) is 11.5 Å². The van der Waals surface area contributed by atoms with Gasteiger partial charge in [0.05, 0.1) is 5.57 Å². The molecule has 0 spiro atoms. The molecule has 19 heavy (non-hydrogen) atoms. The molecule has 2 aromatic rings. The van der Waals surface area contributed by atoms with Crippen LogP contribution in [0, 0.1) is 0 Å². The second-order valence-corrected chi connectivity index (χ2v) is 4.29. The zero-order valence-electron chi connectivity index (χ0n) is 9.96. The monoisotopic (exact) mass is 250 g/mol. The van der Waals surface area contributed by atoms with E-state index in [-0.39, 0.29) is 16.9 Å². The highest BCUT2D eigenvalue weighted by Gasteiger charge is 2.32. The molecule has 0 aromatic heterocycles. The molecule has 1 aliphatic rings. The SMILES string of the molecule is O=C1C(O)=C(c2ccccc2)C(=O)c2ccccc21. The summed E-state index contributed by atoms with van der Waals surface area (Å²) in [5.41, 5.74) is 1.21. The summed E-state index contributed by atoms with van der Waals surface area (Å²) >= 11 is 0. The van der Waals surface area contributed by atoms with Crippen LogP contribution in [0.5, 0.6) is 0 Å². The van der Waals surface area contributed by atoms with Crippen molar-refractivity contribution in [2.45, 2.75) is 0 Å². The van der Waals surface area contributed by atoms with Crippen LogP contribution in [0.3, 0.4) is 0 Å². The van der Waals surface area contributed by atoms with Gasteiger partial charge in [-0.3, -0.25) is 9.59 Å². The first-order valence-corrected chi connectivity index (χ1v) is 5.87. The van der Waals surface area contributed by atoms with Gasteiger partial charge in [-0.25, -0.2) is 0 Å². The van der Waals surface area contributed by atoms with Gasteiger partial charge in [0.2, 0.25) is 5.78 Å². The first kappa shape index (κ1) is 11.4. The molecule has 92 valence electrons. The van der Waals surface area contributed by atoms with Crippen molar-refractivity contribution < 1.29 is 14.7 Å². The number of hydrogen-bond acceptors (Lipinski definition) is 3. The summed E-state index contributed by atoms with van der Waals surface area (Å²) in [5, 5.41) is 10.0. The molecule has 0 saturated carbocycles. The molecule has 3 rings (SSSR count). The summed E-state index contributed by atoms with van der Waals surface area (Å²) in [5.74, 6) is -1.30. The normalized spacial score (nSPS) is 14.5. The molecule has 3 heteroatoms. The third-order valence-corrected chi connectivity index (χ3v) is 3.16. The average molecular weight is 250 g/mol. The van der Waals surface area contributed by atoms with E-state index in [0.717, 1.165) is 0 Å². The van der Waals surface area contributed by atoms with Crippen LogP contribution in [-0.4, -0.2) is 16.7 Å². The number of fused-ring (bicyclic) bond motifs is 1. The molecule has 0 amide bonds. The number of rotatable bonds is 1. The van der Waals surface area contributed by atoms with E-state index in [1.165, 1.54) is 0 Å². The maximum Gasteiger partial charge on any atom is 0.228 e. The van der Waals surface area contributed by atoms with Crippen molar-refractivity contribution in [2.75, 3.05) is 0 Å². The quantitative estimate of drug-likeness (QED) is 0.846. The minimum Gasteiger partial charge on any atom is -0.504 e. The van der Waals surface area contributed by atoms with Crippen LogP contribution in [0.25, 0.3) is 5.57 Å². The predicted octanol–water partition coefficient (Wildman–Crippen LogP) is 3.03. The van der Waals surface area contributed by atoms with Gasteiger partial charge >= 0.3 is 0 Å². The molecular weight excluding hydrogens is 240 g/mol. The van der Waals surface area contributed by atoms with Crippen molar-refractivity contribution in [3.8, 4) is 0 Å². The fourth-order valence-corrected chi connectivity index (χ4v) is 2.24. The van der Waals surface area contributed by atoms with Gasteiger partial charge in [-0.15, -0.1) is 0 Å². The Bertz CT molecular complexity index is 712. The number of aliphatic hydroxyl groups excluding tert-OH is 1. The molecule has 0 radical (unpaired) electrons. The van der Waals surface area contributed by atoms with Crippen LogP contribution >= 0.6 is 0 Å². The average Bonchev–Trinajstić information content (AvgIpc) is 2.46. The van der Waals surface area contributed by atoms with Crippen LogP contribution in [0.4, 0.5) is 0 Å². The number of benzene rings is 2. The summed E-state index contributed by atoms with van der Waals surface area (Å²) in [6.07, 6.45) is 0. The maximum atomic E-state index is 12.4. The van der Waals surface area contributed by atoms with E-state index in [1.807, 2.05) is 6.07 Å². The molecule has 0 heterocycles. The van der Waals surface area contributed by atoms with Crippen molar-refractivity contribution in [3.05, 3.63) is 77.0 Å². The van der Waals surface area contributed by atoms with Crippen molar-refractivity contribution in [1.82, 2.24) is 0 Å². The first-order valence-electron chi connectivity index (χ1n) is 5.87. The van der Waals surface area contributed by atoms with Gasteiger partial charge in [0.1, 0.15) is 0 Å². The number of allylic oxidation sites excluding steroid dienone is 2. The number of hydrogen-bond donors (Lipinski definition) is 1. The van der Waals surface area contributed by atoms with E-state index in [9.17, 15) is 14.7 Å². The molecule has 0 atom stereocenters. The second kappa shape index (κ2) is 4.21. The van der Waals surface area contributed by atoms with Crippen molar-refractivity contribution >= 4 is 17.1 Å². The zero-order valence-corrected chi connectivity index (χ0v) is 9.96. The maximum absolute atomic E-state index is 12.4. The molecule has 0 fully saturated rings. The number of carbonyl (C=O) groups excluding carboxylic acids is 2. The molecule has 2 aromatic carbocycles. The minimum atomic E-state index is -0.506. The Hall–Kier alpha value is -2.68. The van der Waals surface area contributed by atoms with Crippen LogP contribution in [0.15, 0.2) is 60.4 Å². The Kier molecular flexibility index (Phi) is 2.53. The molecule has 3 nitrogen and oxygen atoms in total. The lowest BCUT2D eigenvalue weighted by Crippen LogP contribution is -2.21.